The molecule has 8 nitrogen and oxygen atoms in total. The summed E-state index contributed by atoms with van der Waals surface area (Å²) in [5.74, 6) is 1.67. The van der Waals surface area contributed by atoms with Gasteiger partial charge in [0.1, 0.15) is 29.1 Å². The third-order valence-corrected chi connectivity index (χ3v) is 5.95. The number of amides is 1. The number of carbonyl (C=O) groups excluding carboxylic acids is 1. The van der Waals surface area contributed by atoms with E-state index in [1.54, 1.807) is 56.7 Å². The number of aromatic nitrogens is 1. The van der Waals surface area contributed by atoms with E-state index in [0.717, 1.165) is 22.2 Å². The summed E-state index contributed by atoms with van der Waals surface area (Å²) in [6.07, 6.45) is 3.90. The molecule has 0 radical (unpaired) electrons. The second kappa shape index (κ2) is 9.87. The molecule has 0 aliphatic rings. The summed E-state index contributed by atoms with van der Waals surface area (Å²) >= 11 is 0. The van der Waals surface area contributed by atoms with Crippen molar-refractivity contribution in [3.05, 3.63) is 94.5 Å². The molecule has 8 heteroatoms. The molecule has 0 bridgehead atoms. The highest BCUT2D eigenvalue weighted by Crippen LogP contribution is 2.25. The molecule has 0 aliphatic carbocycles. The Morgan fingerprint density at radius 3 is 2.36 bits per heavy atom. The van der Waals surface area contributed by atoms with Gasteiger partial charge in [-0.3, -0.25) is 9.59 Å². The van der Waals surface area contributed by atoms with Gasteiger partial charge in [-0.25, -0.2) is 0 Å². The van der Waals surface area contributed by atoms with Gasteiger partial charge in [-0.2, -0.15) is 0 Å². The summed E-state index contributed by atoms with van der Waals surface area (Å²) in [5, 5.41) is 4.43. The van der Waals surface area contributed by atoms with Crippen LogP contribution in [0.5, 0.6) is 23.0 Å². The predicted octanol–water partition coefficient (Wildman–Crippen LogP) is 5.06. The lowest BCUT2D eigenvalue weighted by molar-refractivity contribution is 0.0954. The van der Waals surface area contributed by atoms with Crippen molar-refractivity contribution in [3.8, 4) is 23.0 Å². The van der Waals surface area contributed by atoms with Crippen molar-refractivity contribution in [1.82, 2.24) is 10.3 Å². The molecule has 0 saturated heterocycles. The molecule has 5 aromatic rings. The number of hydrogen-bond acceptors (Lipinski definition) is 6. The molecule has 2 heterocycles. The maximum absolute atomic E-state index is 12.7. The molecule has 36 heavy (non-hydrogen) atoms. The first-order chi connectivity index (χ1) is 17.6. The Morgan fingerprint density at radius 2 is 1.61 bits per heavy atom. The second-order valence-corrected chi connectivity index (χ2v) is 8.15. The molecule has 182 valence electrons. The van der Waals surface area contributed by atoms with Crippen LogP contribution < -0.4 is 25.0 Å². The summed E-state index contributed by atoms with van der Waals surface area (Å²) < 4.78 is 21.7. The van der Waals surface area contributed by atoms with Crippen molar-refractivity contribution in [2.75, 3.05) is 20.8 Å². The number of H-pyrrole nitrogens is 1. The lowest BCUT2D eigenvalue weighted by Crippen LogP contribution is -2.25. The number of aromatic amines is 1. The minimum Gasteiger partial charge on any atom is -0.497 e. The van der Waals surface area contributed by atoms with E-state index in [-0.39, 0.29) is 17.1 Å². The van der Waals surface area contributed by atoms with Gasteiger partial charge in [-0.05, 0) is 60.5 Å². The van der Waals surface area contributed by atoms with E-state index in [4.69, 9.17) is 18.6 Å². The Kier molecular flexibility index (Phi) is 6.32. The van der Waals surface area contributed by atoms with Gasteiger partial charge in [-0.15, -0.1) is 0 Å². The third-order valence-electron chi connectivity index (χ3n) is 5.95. The van der Waals surface area contributed by atoms with E-state index in [2.05, 4.69) is 10.3 Å². The van der Waals surface area contributed by atoms with Crippen molar-refractivity contribution in [2.45, 2.75) is 6.42 Å². The minimum absolute atomic E-state index is 0.0567. The molecule has 0 saturated carbocycles. The van der Waals surface area contributed by atoms with Gasteiger partial charge in [0, 0.05) is 41.3 Å². The topological polar surface area (TPSA) is 103 Å². The molecule has 2 aromatic heterocycles. The molecule has 0 unspecified atom stereocenters. The Balaban J connectivity index is 1.21. The number of carbonyl (C=O) groups is 1. The molecule has 0 atom stereocenters. The van der Waals surface area contributed by atoms with E-state index >= 15 is 0 Å². The van der Waals surface area contributed by atoms with Crippen LogP contribution in [-0.4, -0.2) is 31.7 Å². The van der Waals surface area contributed by atoms with Crippen LogP contribution in [0, 0.1) is 0 Å². The van der Waals surface area contributed by atoms with Gasteiger partial charge in [0.15, 0.2) is 0 Å². The van der Waals surface area contributed by atoms with Crippen LogP contribution in [0.15, 0.2) is 82.3 Å². The fourth-order valence-electron chi connectivity index (χ4n) is 4.00. The summed E-state index contributed by atoms with van der Waals surface area (Å²) in [6.45, 7) is 0.485. The van der Waals surface area contributed by atoms with Crippen molar-refractivity contribution in [2.24, 2.45) is 0 Å². The normalized spacial score (nSPS) is 10.9. The highest BCUT2D eigenvalue weighted by Gasteiger charge is 2.12. The summed E-state index contributed by atoms with van der Waals surface area (Å²) in [6, 6.07) is 17.4. The largest absolute Gasteiger partial charge is 0.497 e. The van der Waals surface area contributed by atoms with E-state index in [1.807, 2.05) is 24.4 Å². The fraction of sp³-hybridized carbons (Fsp3) is 0.143. The van der Waals surface area contributed by atoms with Gasteiger partial charge in [0.25, 0.3) is 5.91 Å². The van der Waals surface area contributed by atoms with Crippen molar-refractivity contribution >= 4 is 27.8 Å². The summed E-state index contributed by atoms with van der Waals surface area (Å²) in [7, 11) is 3.18. The van der Waals surface area contributed by atoms with Crippen molar-refractivity contribution in [1.29, 1.82) is 0 Å². The van der Waals surface area contributed by atoms with Crippen molar-refractivity contribution in [3.63, 3.8) is 0 Å². The monoisotopic (exact) mass is 484 g/mol. The fourth-order valence-corrected chi connectivity index (χ4v) is 4.00. The van der Waals surface area contributed by atoms with E-state index in [0.29, 0.717) is 41.0 Å². The molecule has 3 aromatic carbocycles. The zero-order valence-electron chi connectivity index (χ0n) is 19.8. The average molecular weight is 485 g/mol. The van der Waals surface area contributed by atoms with Crippen LogP contribution in [0.4, 0.5) is 0 Å². The van der Waals surface area contributed by atoms with Crippen LogP contribution in [0.2, 0.25) is 0 Å². The lowest BCUT2D eigenvalue weighted by Gasteiger charge is -2.08. The summed E-state index contributed by atoms with van der Waals surface area (Å²) in [5.41, 5.74) is 2.71. The third kappa shape index (κ3) is 4.61. The Bertz CT molecular complexity index is 1600. The molecule has 0 aliphatic heterocycles. The minimum atomic E-state index is -0.295. The number of nitrogens with one attached hydrogen (secondary N) is 2. The van der Waals surface area contributed by atoms with E-state index < -0.39 is 0 Å². The molecule has 2 N–H and O–H groups in total. The highest BCUT2D eigenvalue weighted by atomic mass is 16.5. The van der Waals surface area contributed by atoms with Crippen molar-refractivity contribution < 1.29 is 23.4 Å². The van der Waals surface area contributed by atoms with Crippen LogP contribution in [0.1, 0.15) is 15.9 Å². The lowest BCUT2D eigenvalue weighted by atomic mass is 10.1. The average Bonchev–Trinajstić information content (AvgIpc) is 3.32. The molecule has 1 amide bonds. The highest BCUT2D eigenvalue weighted by molar-refractivity contribution is 5.94. The number of rotatable bonds is 8. The predicted molar refractivity (Wildman–Crippen MR) is 136 cm³/mol. The molecule has 5 rings (SSSR count). The Morgan fingerprint density at radius 1 is 0.917 bits per heavy atom. The Labute approximate surface area is 206 Å². The van der Waals surface area contributed by atoms with Gasteiger partial charge in [-0.1, -0.05) is 0 Å². The standard InChI is InChI=1S/C28H24N2O6/c1-33-20-7-9-22-18(15-30-24(22)13-20)11-12-29-28(32)17-3-5-19(6-4-17)36-26-16-35-25-14-21(34-2)8-10-23(25)27(26)31/h3-10,13-16,30H,11-12H2,1-2H3,(H,29,32). The van der Waals surface area contributed by atoms with Crippen LogP contribution >= 0.6 is 0 Å². The van der Waals surface area contributed by atoms with Gasteiger partial charge in [0.05, 0.1) is 19.6 Å². The smallest absolute Gasteiger partial charge is 0.251 e. The molecule has 0 fully saturated rings. The maximum Gasteiger partial charge on any atom is 0.251 e. The number of benzene rings is 3. The van der Waals surface area contributed by atoms with Gasteiger partial charge in [0.2, 0.25) is 11.2 Å². The first-order valence-corrected chi connectivity index (χ1v) is 11.4. The van der Waals surface area contributed by atoms with Crippen LogP contribution in [-0.2, 0) is 6.42 Å². The quantitative estimate of drug-likeness (QED) is 0.319. The summed E-state index contributed by atoms with van der Waals surface area (Å²) in [4.78, 5) is 28.6. The zero-order chi connectivity index (χ0) is 25.1. The first kappa shape index (κ1) is 23.0. The van der Waals surface area contributed by atoms with Crippen LogP contribution in [0.3, 0.4) is 0 Å². The zero-order valence-corrected chi connectivity index (χ0v) is 19.8. The number of ether oxygens (including phenoxy) is 3. The number of methoxy groups -OCH3 is 2. The Hall–Kier alpha value is -4.72. The van der Waals surface area contributed by atoms with Gasteiger partial charge < -0.3 is 28.9 Å². The maximum atomic E-state index is 12.7. The van der Waals surface area contributed by atoms with E-state index in [1.165, 1.54) is 6.26 Å². The number of hydrogen-bond donors (Lipinski definition) is 2. The number of fused-ring (bicyclic) bond motifs is 2. The van der Waals surface area contributed by atoms with E-state index in [9.17, 15) is 9.59 Å². The second-order valence-electron chi connectivity index (χ2n) is 8.15. The van der Waals surface area contributed by atoms with Gasteiger partial charge >= 0.3 is 0 Å². The SMILES string of the molecule is COc1ccc2c(CCNC(=O)c3ccc(Oc4coc5cc(OC)ccc5c4=O)cc3)c[nH]c2c1. The van der Waals surface area contributed by atoms with Crippen LogP contribution in [0.25, 0.3) is 21.9 Å². The first-order valence-electron chi connectivity index (χ1n) is 11.4. The molecular weight excluding hydrogens is 460 g/mol. The molecule has 0 spiro atoms. The molecular formula is C28H24N2O6.